The number of nitriles is 1. The maximum absolute atomic E-state index is 8.90. The summed E-state index contributed by atoms with van der Waals surface area (Å²) in [6.07, 6.45) is 1.90. The molecular formula is C17H11BrN2. The van der Waals surface area contributed by atoms with E-state index < -0.39 is 0 Å². The molecule has 0 amide bonds. The number of hydrogen-bond donors (Lipinski definition) is 0. The van der Waals surface area contributed by atoms with Crippen molar-refractivity contribution in [3.8, 4) is 17.2 Å². The molecule has 96 valence electrons. The van der Waals surface area contributed by atoms with Crippen LogP contribution in [-0.2, 0) is 5.33 Å². The van der Waals surface area contributed by atoms with Crippen LogP contribution in [0.4, 0.5) is 0 Å². The summed E-state index contributed by atoms with van der Waals surface area (Å²) in [5.41, 5.74) is 3.89. The predicted octanol–water partition coefficient (Wildman–Crippen LogP) is 4.67. The molecule has 0 radical (unpaired) electrons. The van der Waals surface area contributed by atoms with Crippen molar-refractivity contribution >= 4 is 26.7 Å². The topological polar surface area (TPSA) is 36.7 Å². The molecule has 3 heteroatoms. The Morgan fingerprint density at radius 2 is 1.80 bits per heavy atom. The average molecular weight is 323 g/mol. The Kier molecular flexibility index (Phi) is 3.49. The van der Waals surface area contributed by atoms with Crippen LogP contribution < -0.4 is 0 Å². The number of alkyl halides is 1. The summed E-state index contributed by atoms with van der Waals surface area (Å²) in [6, 6.07) is 18.0. The molecular weight excluding hydrogens is 312 g/mol. The van der Waals surface area contributed by atoms with Crippen molar-refractivity contribution in [2.24, 2.45) is 0 Å². The van der Waals surface area contributed by atoms with Gasteiger partial charge in [0.15, 0.2) is 0 Å². The first-order valence-electron chi connectivity index (χ1n) is 6.26. The zero-order valence-electron chi connectivity index (χ0n) is 10.7. The number of aromatic nitrogens is 1. The minimum atomic E-state index is 0.669. The van der Waals surface area contributed by atoms with Gasteiger partial charge in [-0.05, 0) is 23.1 Å². The minimum Gasteiger partial charge on any atom is -0.259 e. The minimum absolute atomic E-state index is 0.669. The predicted molar refractivity (Wildman–Crippen MR) is 84.5 cm³/mol. The van der Waals surface area contributed by atoms with Gasteiger partial charge in [0.05, 0.1) is 17.3 Å². The highest BCUT2D eigenvalue weighted by Gasteiger charge is 2.10. The zero-order chi connectivity index (χ0) is 13.9. The Morgan fingerprint density at radius 1 is 1.05 bits per heavy atom. The van der Waals surface area contributed by atoms with E-state index in [1.807, 2.05) is 42.6 Å². The molecule has 0 aliphatic heterocycles. The monoisotopic (exact) mass is 322 g/mol. The summed E-state index contributed by atoms with van der Waals surface area (Å²) >= 11 is 3.50. The Morgan fingerprint density at radius 3 is 2.50 bits per heavy atom. The van der Waals surface area contributed by atoms with E-state index >= 15 is 0 Å². The van der Waals surface area contributed by atoms with Crippen molar-refractivity contribution in [1.29, 1.82) is 5.26 Å². The first-order chi connectivity index (χ1) is 9.83. The molecule has 2 nitrogen and oxygen atoms in total. The van der Waals surface area contributed by atoms with Crippen molar-refractivity contribution in [1.82, 2.24) is 4.98 Å². The largest absolute Gasteiger partial charge is 0.259 e. The number of halogens is 1. The third-order valence-electron chi connectivity index (χ3n) is 3.31. The second-order valence-electron chi connectivity index (χ2n) is 4.49. The van der Waals surface area contributed by atoms with E-state index in [1.165, 1.54) is 5.39 Å². The molecule has 0 aliphatic carbocycles. The normalized spacial score (nSPS) is 10.4. The van der Waals surface area contributed by atoms with Crippen LogP contribution >= 0.6 is 15.9 Å². The Labute approximate surface area is 125 Å². The lowest BCUT2D eigenvalue weighted by atomic mass is 9.97. The fourth-order valence-electron chi connectivity index (χ4n) is 2.34. The van der Waals surface area contributed by atoms with Gasteiger partial charge in [-0.3, -0.25) is 4.98 Å². The van der Waals surface area contributed by atoms with Gasteiger partial charge < -0.3 is 0 Å². The molecule has 0 bridgehead atoms. The molecule has 1 heterocycles. The summed E-state index contributed by atoms with van der Waals surface area (Å²) in [4.78, 5) is 4.53. The molecule has 0 saturated carbocycles. The van der Waals surface area contributed by atoms with Crippen LogP contribution in [0.15, 0.2) is 54.7 Å². The maximum Gasteiger partial charge on any atom is 0.0991 e. The number of rotatable bonds is 2. The molecule has 0 atom stereocenters. The number of fused-ring (bicyclic) bond motifs is 1. The number of benzene rings is 2. The van der Waals surface area contributed by atoms with Crippen LogP contribution in [0, 0.1) is 11.3 Å². The van der Waals surface area contributed by atoms with Gasteiger partial charge in [0.1, 0.15) is 0 Å². The van der Waals surface area contributed by atoms with E-state index in [2.05, 4.69) is 39.1 Å². The first kappa shape index (κ1) is 12.8. The van der Waals surface area contributed by atoms with Gasteiger partial charge in [0.25, 0.3) is 0 Å². The Bertz CT molecular complexity index is 801. The first-order valence-corrected chi connectivity index (χ1v) is 7.39. The van der Waals surface area contributed by atoms with Crippen molar-refractivity contribution in [3.63, 3.8) is 0 Å². The van der Waals surface area contributed by atoms with Crippen LogP contribution in [0.25, 0.3) is 21.9 Å². The molecule has 0 fully saturated rings. The summed E-state index contributed by atoms with van der Waals surface area (Å²) in [5, 5.41) is 11.9. The third kappa shape index (κ3) is 2.19. The van der Waals surface area contributed by atoms with E-state index in [0.29, 0.717) is 10.9 Å². The fourth-order valence-corrected chi connectivity index (χ4v) is 2.76. The van der Waals surface area contributed by atoms with Crippen LogP contribution in [0.2, 0.25) is 0 Å². The van der Waals surface area contributed by atoms with Gasteiger partial charge in [-0.25, -0.2) is 0 Å². The highest BCUT2D eigenvalue weighted by molar-refractivity contribution is 9.08. The van der Waals surface area contributed by atoms with Crippen molar-refractivity contribution in [2.75, 3.05) is 0 Å². The van der Waals surface area contributed by atoms with E-state index in [4.69, 9.17) is 5.26 Å². The molecule has 3 rings (SSSR count). The van der Waals surface area contributed by atoms with Gasteiger partial charge in [-0.1, -0.05) is 52.3 Å². The highest BCUT2D eigenvalue weighted by Crippen LogP contribution is 2.32. The second kappa shape index (κ2) is 5.44. The van der Waals surface area contributed by atoms with Gasteiger partial charge in [0, 0.05) is 22.5 Å². The summed E-state index contributed by atoms with van der Waals surface area (Å²) < 4.78 is 0. The molecule has 0 spiro atoms. The van der Waals surface area contributed by atoms with E-state index in [0.717, 1.165) is 22.2 Å². The molecule has 0 saturated heterocycles. The van der Waals surface area contributed by atoms with E-state index in [-0.39, 0.29) is 0 Å². The standard InChI is InChI=1S/C17H11BrN2/c18-9-16-17(13-7-5-12(10-19)6-8-13)15-4-2-1-3-14(15)11-20-16/h1-8,11H,9H2. The van der Waals surface area contributed by atoms with Gasteiger partial charge in [-0.2, -0.15) is 5.26 Å². The SMILES string of the molecule is N#Cc1ccc(-c2c(CBr)ncc3ccccc23)cc1. The molecule has 0 aliphatic rings. The van der Waals surface area contributed by atoms with E-state index in [9.17, 15) is 0 Å². The molecule has 0 N–H and O–H groups in total. The summed E-state index contributed by atoms with van der Waals surface area (Å²) in [5.74, 6) is 0. The molecule has 0 unspecified atom stereocenters. The molecule has 3 aromatic rings. The number of pyridine rings is 1. The Hall–Kier alpha value is -2.18. The fraction of sp³-hybridized carbons (Fsp3) is 0.0588. The van der Waals surface area contributed by atoms with Crippen molar-refractivity contribution in [3.05, 3.63) is 66.0 Å². The molecule has 2 aromatic carbocycles. The van der Waals surface area contributed by atoms with Gasteiger partial charge in [0.2, 0.25) is 0 Å². The maximum atomic E-state index is 8.90. The smallest absolute Gasteiger partial charge is 0.0991 e. The highest BCUT2D eigenvalue weighted by atomic mass is 79.9. The van der Waals surface area contributed by atoms with Crippen LogP contribution in [0.1, 0.15) is 11.3 Å². The van der Waals surface area contributed by atoms with Crippen LogP contribution in [0.3, 0.4) is 0 Å². The van der Waals surface area contributed by atoms with Crippen molar-refractivity contribution in [2.45, 2.75) is 5.33 Å². The van der Waals surface area contributed by atoms with Crippen molar-refractivity contribution < 1.29 is 0 Å². The van der Waals surface area contributed by atoms with E-state index in [1.54, 1.807) is 0 Å². The lowest BCUT2D eigenvalue weighted by Crippen LogP contribution is -1.93. The molecule has 1 aromatic heterocycles. The third-order valence-corrected chi connectivity index (χ3v) is 3.84. The van der Waals surface area contributed by atoms with Crippen LogP contribution in [0.5, 0.6) is 0 Å². The average Bonchev–Trinajstić information content (AvgIpc) is 2.54. The quantitative estimate of drug-likeness (QED) is 0.643. The second-order valence-corrected chi connectivity index (χ2v) is 5.05. The zero-order valence-corrected chi connectivity index (χ0v) is 12.3. The number of nitrogens with zero attached hydrogens (tertiary/aromatic N) is 2. The Balaban J connectivity index is 2.29. The van der Waals surface area contributed by atoms with Crippen LogP contribution in [-0.4, -0.2) is 4.98 Å². The lowest BCUT2D eigenvalue weighted by molar-refractivity contribution is 1.21. The van der Waals surface area contributed by atoms with Gasteiger partial charge in [-0.15, -0.1) is 0 Å². The summed E-state index contributed by atoms with van der Waals surface area (Å²) in [6.45, 7) is 0. The number of hydrogen-bond acceptors (Lipinski definition) is 2. The van der Waals surface area contributed by atoms with Gasteiger partial charge >= 0.3 is 0 Å². The summed E-state index contributed by atoms with van der Waals surface area (Å²) in [7, 11) is 0. The molecule has 20 heavy (non-hydrogen) atoms. The lowest BCUT2D eigenvalue weighted by Gasteiger charge is -2.11.